The molecule has 0 aliphatic rings. The molecular formula is C18H14Cl2N2O2. The first-order valence-corrected chi connectivity index (χ1v) is 8.02. The fourth-order valence-electron chi connectivity index (χ4n) is 2.66. The van der Waals surface area contributed by atoms with E-state index in [1.807, 2.05) is 6.07 Å². The number of hydrogen-bond donors (Lipinski definition) is 2. The maximum Gasteiger partial charge on any atom is 0.217 e. The smallest absolute Gasteiger partial charge is 0.217 e. The number of carbonyl (C=O) groups is 1. The van der Waals surface area contributed by atoms with Gasteiger partial charge in [-0.3, -0.25) is 9.78 Å². The normalized spacial score (nSPS) is 12.1. The van der Waals surface area contributed by atoms with Crippen LogP contribution in [0.1, 0.15) is 24.1 Å². The number of carbonyl (C=O) groups excluding carboxylic acids is 1. The maximum atomic E-state index is 11.7. The molecule has 0 saturated carbocycles. The zero-order valence-electron chi connectivity index (χ0n) is 12.8. The van der Waals surface area contributed by atoms with Crippen molar-refractivity contribution in [2.24, 2.45) is 0 Å². The first kappa shape index (κ1) is 16.6. The van der Waals surface area contributed by atoms with Crippen molar-refractivity contribution in [1.82, 2.24) is 10.3 Å². The van der Waals surface area contributed by atoms with Crippen LogP contribution in [-0.4, -0.2) is 16.0 Å². The van der Waals surface area contributed by atoms with Crippen LogP contribution in [0, 0.1) is 0 Å². The molecule has 0 fully saturated rings. The highest BCUT2D eigenvalue weighted by Crippen LogP contribution is 2.39. The Kier molecular flexibility index (Phi) is 4.60. The summed E-state index contributed by atoms with van der Waals surface area (Å²) in [7, 11) is 0. The van der Waals surface area contributed by atoms with Gasteiger partial charge >= 0.3 is 0 Å². The van der Waals surface area contributed by atoms with E-state index < -0.39 is 6.04 Å². The average Bonchev–Trinajstić information content (AvgIpc) is 2.57. The summed E-state index contributed by atoms with van der Waals surface area (Å²) in [5.41, 5.74) is 1.48. The fraction of sp³-hybridized carbons (Fsp3) is 0.111. The summed E-state index contributed by atoms with van der Waals surface area (Å²) in [5.74, 6) is -0.287. The monoisotopic (exact) mass is 360 g/mol. The van der Waals surface area contributed by atoms with Gasteiger partial charge in [-0.15, -0.1) is 0 Å². The highest BCUT2D eigenvalue weighted by molar-refractivity contribution is 6.35. The lowest BCUT2D eigenvalue weighted by Gasteiger charge is -2.22. The molecule has 1 amide bonds. The quantitative estimate of drug-likeness (QED) is 0.723. The Morgan fingerprint density at radius 3 is 2.58 bits per heavy atom. The van der Waals surface area contributed by atoms with Crippen molar-refractivity contribution in [3.05, 3.63) is 69.8 Å². The Morgan fingerprint density at radius 2 is 1.88 bits per heavy atom. The van der Waals surface area contributed by atoms with Gasteiger partial charge in [-0.2, -0.15) is 0 Å². The molecule has 0 bridgehead atoms. The van der Waals surface area contributed by atoms with Crippen LogP contribution in [-0.2, 0) is 4.79 Å². The number of aromatic hydroxyl groups is 1. The number of nitrogens with zero attached hydrogens (tertiary/aromatic N) is 1. The molecule has 3 aromatic rings. The van der Waals surface area contributed by atoms with E-state index in [1.165, 1.54) is 6.92 Å². The molecule has 2 aromatic carbocycles. The molecule has 1 atom stereocenters. The fourth-order valence-corrected chi connectivity index (χ4v) is 3.18. The van der Waals surface area contributed by atoms with Crippen molar-refractivity contribution in [1.29, 1.82) is 0 Å². The summed E-state index contributed by atoms with van der Waals surface area (Å²) in [6.45, 7) is 1.40. The zero-order valence-corrected chi connectivity index (χ0v) is 14.3. The second kappa shape index (κ2) is 6.67. The lowest BCUT2D eigenvalue weighted by molar-refractivity contribution is -0.119. The van der Waals surface area contributed by atoms with Crippen molar-refractivity contribution < 1.29 is 9.90 Å². The average molecular weight is 361 g/mol. The first-order valence-electron chi connectivity index (χ1n) is 7.26. The number of pyridine rings is 1. The Bertz CT molecular complexity index is 928. The second-order valence-corrected chi connectivity index (χ2v) is 6.17. The Labute approximate surface area is 149 Å². The first-order chi connectivity index (χ1) is 11.5. The summed E-state index contributed by atoms with van der Waals surface area (Å²) in [6, 6.07) is 11.6. The number of phenols is 1. The predicted molar refractivity (Wildman–Crippen MR) is 95.5 cm³/mol. The molecule has 0 aliphatic heterocycles. The lowest BCUT2D eigenvalue weighted by Crippen LogP contribution is -2.27. The molecule has 24 heavy (non-hydrogen) atoms. The molecule has 1 heterocycles. The van der Waals surface area contributed by atoms with Crippen molar-refractivity contribution in [2.75, 3.05) is 0 Å². The standard InChI is InChI=1S/C18H14Cl2N2O2/c1-10(23)22-16(11-5-2-3-7-14(11)19)13-9-15(20)12-6-4-8-21-17(12)18(13)24/h2-9,16,24H,1H3,(H,22,23). The summed E-state index contributed by atoms with van der Waals surface area (Å²) < 4.78 is 0. The molecule has 3 rings (SSSR count). The molecule has 2 N–H and O–H groups in total. The molecule has 1 aromatic heterocycles. The largest absolute Gasteiger partial charge is 0.505 e. The Morgan fingerprint density at radius 1 is 1.12 bits per heavy atom. The zero-order chi connectivity index (χ0) is 17.3. The molecule has 6 heteroatoms. The third-order valence-corrected chi connectivity index (χ3v) is 4.38. The Hall–Kier alpha value is -2.30. The molecule has 0 radical (unpaired) electrons. The van der Waals surface area contributed by atoms with Crippen molar-refractivity contribution >= 4 is 40.0 Å². The van der Waals surface area contributed by atoms with Crippen LogP contribution in [0.25, 0.3) is 10.9 Å². The number of nitrogens with one attached hydrogen (secondary N) is 1. The number of rotatable bonds is 3. The predicted octanol–water partition coefficient (Wildman–Crippen LogP) is 4.47. The van der Waals surface area contributed by atoms with Gasteiger partial charge in [0.1, 0.15) is 11.3 Å². The molecule has 1 unspecified atom stereocenters. The van der Waals surface area contributed by atoms with Gasteiger partial charge in [-0.05, 0) is 29.8 Å². The molecule has 0 aliphatic carbocycles. The van der Waals surface area contributed by atoms with Crippen LogP contribution >= 0.6 is 23.2 Å². The van der Waals surface area contributed by atoms with Crippen molar-refractivity contribution in [3.8, 4) is 5.75 Å². The number of aromatic nitrogens is 1. The lowest BCUT2D eigenvalue weighted by atomic mass is 9.96. The van der Waals surface area contributed by atoms with Crippen molar-refractivity contribution in [2.45, 2.75) is 13.0 Å². The number of fused-ring (bicyclic) bond motifs is 1. The topological polar surface area (TPSA) is 62.2 Å². The van der Waals surface area contributed by atoms with Gasteiger partial charge in [-0.1, -0.05) is 41.4 Å². The van der Waals surface area contributed by atoms with Crippen molar-refractivity contribution in [3.63, 3.8) is 0 Å². The molecule has 0 spiro atoms. The summed E-state index contributed by atoms with van der Waals surface area (Å²) in [4.78, 5) is 15.9. The van der Waals surface area contributed by atoms with E-state index in [0.29, 0.717) is 32.1 Å². The van der Waals surface area contributed by atoms with E-state index in [1.54, 1.807) is 42.6 Å². The third-order valence-electron chi connectivity index (χ3n) is 3.72. The highest BCUT2D eigenvalue weighted by atomic mass is 35.5. The minimum atomic E-state index is -0.639. The van der Waals surface area contributed by atoms with Gasteiger partial charge < -0.3 is 10.4 Å². The van der Waals surface area contributed by atoms with Gasteiger partial charge in [0.05, 0.1) is 11.1 Å². The maximum absolute atomic E-state index is 11.7. The number of benzene rings is 2. The van der Waals surface area contributed by atoms with Crippen LogP contribution in [0.5, 0.6) is 5.75 Å². The van der Waals surface area contributed by atoms with E-state index in [9.17, 15) is 9.90 Å². The molecule has 122 valence electrons. The SMILES string of the molecule is CC(=O)NC(c1ccccc1Cl)c1cc(Cl)c2cccnc2c1O. The molecule has 4 nitrogen and oxygen atoms in total. The van der Waals surface area contributed by atoms with E-state index in [-0.39, 0.29) is 11.7 Å². The van der Waals surface area contributed by atoms with Crippen LogP contribution in [0.3, 0.4) is 0 Å². The van der Waals surface area contributed by atoms with Crippen LogP contribution in [0.2, 0.25) is 10.0 Å². The summed E-state index contributed by atoms with van der Waals surface area (Å²) >= 11 is 12.6. The van der Waals surface area contributed by atoms with Gasteiger partial charge in [-0.25, -0.2) is 0 Å². The van der Waals surface area contributed by atoms with Crippen LogP contribution in [0.4, 0.5) is 0 Å². The number of amides is 1. The number of hydrogen-bond acceptors (Lipinski definition) is 3. The van der Waals surface area contributed by atoms with Crippen LogP contribution < -0.4 is 5.32 Å². The Balaban J connectivity index is 2.25. The van der Waals surface area contributed by atoms with Gasteiger partial charge in [0.15, 0.2) is 0 Å². The van der Waals surface area contributed by atoms with E-state index in [2.05, 4.69) is 10.3 Å². The van der Waals surface area contributed by atoms with E-state index in [4.69, 9.17) is 23.2 Å². The van der Waals surface area contributed by atoms with Gasteiger partial charge in [0.25, 0.3) is 0 Å². The number of halogens is 2. The van der Waals surface area contributed by atoms with E-state index >= 15 is 0 Å². The summed E-state index contributed by atoms with van der Waals surface area (Å²) in [5, 5.41) is 15.1. The van der Waals surface area contributed by atoms with Gasteiger partial charge in [0.2, 0.25) is 5.91 Å². The highest BCUT2D eigenvalue weighted by Gasteiger charge is 2.23. The summed E-state index contributed by atoms with van der Waals surface area (Å²) in [6.07, 6.45) is 1.57. The van der Waals surface area contributed by atoms with Gasteiger partial charge in [0, 0.05) is 29.1 Å². The van der Waals surface area contributed by atoms with E-state index in [0.717, 1.165) is 0 Å². The molecular weight excluding hydrogens is 347 g/mol. The minimum Gasteiger partial charge on any atom is -0.505 e. The minimum absolute atomic E-state index is 0.0336. The molecule has 0 saturated heterocycles. The second-order valence-electron chi connectivity index (χ2n) is 5.35. The number of phenolic OH excluding ortho intramolecular Hbond substituents is 1. The van der Waals surface area contributed by atoms with Crippen LogP contribution in [0.15, 0.2) is 48.7 Å². The third kappa shape index (κ3) is 3.03.